The lowest BCUT2D eigenvalue weighted by molar-refractivity contribution is 1.18. The smallest absolute Gasteiger partial charge is 0.160 e. The zero-order chi connectivity index (χ0) is 37.3. The first-order valence-corrected chi connectivity index (χ1v) is 18.9. The molecule has 10 rings (SSSR count). The van der Waals surface area contributed by atoms with Gasteiger partial charge < -0.3 is 0 Å². The summed E-state index contributed by atoms with van der Waals surface area (Å²) in [7, 11) is 0. The first kappa shape index (κ1) is 33.1. The molecule has 0 atom stereocenters. The zero-order valence-electron chi connectivity index (χ0n) is 30.5. The maximum Gasteiger partial charge on any atom is 0.160 e. The Morgan fingerprint density at radius 3 is 1.29 bits per heavy atom. The average Bonchev–Trinajstić information content (AvgIpc) is 3.29. The number of nitrogens with zero attached hydrogens (tertiary/aromatic N) is 3. The molecule has 10 aromatic rings. The van der Waals surface area contributed by atoms with Gasteiger partial charge in [0.1, 0.15) is 0 Å². The van der Waals surface area contributed by atoms with Gasteiger partial charge in [0.05, 0.1) is 22.6 Å². The van der Waals surface area contributed by atoms with Crippen molar-refractivity contribution in [2.24, 2.45) is 0 Å². The van der Waals surface area contributed by atoms with Gasteiger partial charge in [-0.05, 0) is 68.4 Å². The minimum atomic E-state index is 0.705. The molecule has 0 N–H and O–H groups in total. The number of benzene rings is 8. The summed E-state index contributed by atoms with van der Waals surface area (Å²) < 4.78 is 0. The number of aromatic nitrogens is 3. The molecule has 56 heavy (non-hydrogen) atoms. The van der Waals surface area contributed by atoms with E-state index in [-0.39, 0.29) is 0 Å². The molecular formula is C53H35N3. The van der Waals surface area contributed by atoms with Gasteiger partial charge in [-0.25, -0.2) is 15.0 Å². The lowest BCUT2D eigenvalue weighted by Gasteiger charge is -2.14. The third-order valence-electron chi connectivity index (χ3n) is 10.5. The number of pyridine rings is 1. The van der Waals surface area contributed by atoms with Crippen LogP contribution in [0.3, 0.4) is 0 Å². The summed E-state index contributed by atoms with van der Waals surface area (Å²) in [6.07, 6.45) is 0. The van der Waals surface area contributed by atoms with Crippen LogP contribution in [-0.2, 0) is 0 Å². The van der Waals surface area contributed by atoms with E-state index < -0.39 is 0 Å². The third kappa shape index (κ3) is 6.42. The lowest BCUT2D eigenvalue weighted by Crippen LogP contribution is -1.96. The molecule has 3 heteroatoms. The van der Waals surface area contributed by atoms with Crippen molar-refractivity contribution in [2.75, 3.05) is 0 Å². The highest BCUT2D eigenvalue weighted by Gasteiger charge is 2.15. The summed E-state index contributed by atoms with van der Waals surface area (Å²) in [5, 5.41) is 3.53. The van der Waals surface area contributed by atoms with Gasteiger partial charge in [0, 0.05) is 27.6 Å². The Labute approximate surface area is 326 Å². The van der Waals surface area contributed by atoms with Crippen LogP contribution in [0.2, 0.25) is 0 Å². The van der Waals surface area contributed by atoms with Gasteiger partial charge in [0.15, 0.2) is 5.82 Å². The minimum Gasteiger partial charge on any atom is -0.248 e. The molecule has 0 saturated heterocycles. The molecule has 0 radical (unpaired) electrons. The summed E-state index contributed by atoms with van der Waals surface area (Å²) in [6.45, 7) is 0. The van der Waals surface area contributed by atoms with Crippen LogP contribution in [0.15, 0.2) is 212 Å². The highest BCUT2D eigenvalue weighted by Crippen LogP contribution is 2.38. The fourth-order valence-corrected chi connectivity index (χ4v) is 7.60. The first-order valence-electron chi connectivity index (χ1n) is 18.9. The maximum absolute atomic E-state index is 5.16. The fraction of sp³-hybridized carbons (Fsp3) is 0. The Bertz CT molecular complexity index is 2960. The Hall–Kier alpha value is -7.49. The van der Waals surface area contributed by atoms with Crippen LogP contribution in [-0.4, -0.2) is 15.0 Å². The number of fused-ring (bicyclic) bond motifs is 3. The van der Waals surface area contributed by atoms with Gasteiger partial charge in [-0.15, -0.1) is 0 Å². The van der Waals surface area contributed by atoms with Gasteiger partial charge >= 0.3 is 0 Å². The summed E-state index contributed by atoms with van der Waals surface area (Å²) >= 11 is 0. The van der Waals surface area contributed by atoms with Gasteiger partial charge in [0.2, 0.25) is 0 Å². The highest BCUT2D eigenvalue weighted by atomic mass is 14.9. The van der Waals surface area contributed by atoms with Crippen LogP contribution in [0.1, 0.15) is 0 Å². The molecular weight excluding hydrogens is 679 g/mol. The quantitative estimate of drug-likeness (QED) is 0.154. The van der Waals surface area contributed by atoms with E-state index in [1.54, 1.807) is 0 Å². The minimum absolute atomic E-state index is 0.705. The summed E-state index contributed by atoms with van der Waals surface area (Å²) in [6, 6.07) is 74.5. The largest absolute Gasteiger partial charge is 0.248 e. The number of rotatable bonds is 7. The maximum atomic E-state index is 5.16. The molecule has 2 heterocycles. The van der Waals surface area contributed by atoms with Crippen LogP contribution in [0.5, 0.6) is 0 Å². The molecule has 0 aliphatic heterocycles. The van der Waals surface area contributed by atoms with Crippen molar-refractivity contribution in [3.05, 3.63) is 212 Å². The average molecular weight is 714 g/mol. The molecule has 262 valence electrons. The van der Waals surface area contributed by atoms with Crippen molar-refractivity contribution in [2.45, 2.75) is 0 Å². The van der Waals surface area contributed by atoms with Crippen molar-refractivity contribution in [1.82, 2.24) is 15.0 Å². The standard InChI is InChI=1S/C53H35N3/c1-5-13-36(14-6-1)37-21-25-41(26-22-37)50-35-51(56-53(55-50)43-19-11-4-12-20-43)42-27-23-38(24-28-42)44-29-31-46-45(33-44)30-32-48-52(46)47(39-15-7-2-8-16-39)34-49(54-48)40-17-9-3-10-18-40/h1-35H. The van der Waals surface area contributed by atoms with E-state index in [9.17, 15) is 0 Å². The molecule has 0 spiro atoms. The van der Waals surface area contributed by atoms with Crippen molar-refractivity contribution in [3.63, 3.8) is 0 Å². The molecule has 0 saturated carbocycles. The lowest BCUT2D eigenvalue weighted by atomic mass is 9.93. The summed E-state index contributed by atoms with van der Waals surface area (Å²) in [4.78, 5) is 15.3. The second kappa shape index (κ2) is 14.4. The third-order valence-corrected chi connectivity index (χ3v) is 10.5. The van der Waals surface area contributed by atoms with Crippen LogP contribution in [0, 0.1) is 0 Å². The van der Waals surface area contributed by atoms with Gasteiger partial charge in [0.25, 0.3) is 0 Å². The molecule has 0 fully saturated rings. The topological polar surface area (TPSA) is 38.7 Å². The predicted octanol–water partition coefficient (Wildman–Crippen LogP) is 13.8. The van der Waals surface area contributed by atoms with Gasteiger partial charge in [-0.1, -0.05) is 188 Å². The second-order valence-electron chi connectivity index (χ2n) is 14.0. The molecule has 0 unspecified atom stereocenters. The predicted molar refractivity (Wildman–Crippen MR) is 233 cm³/mol. The summed E-state index contributed by atoms with van der Waals surface area (Å²) in [5.41, 5.74) is 14.9. The Morgan fingerprint density at radius 2 is 0.696 bits per heavy atom. The number of hydrogen-bond donors (Lipinski definition) is 0. The SMILES string of the molecule is c1ccc(-c2ccc(-c3cc(-c4ccc(-c5ccc6c(ccc7nc(-c8ccccc8)cc(-c8ccccc8)c76)c5)cc4)nc(-c4ccccc4)n3)cc2)cc1. The van der Waals surface area contributed by atoms with Gasteiger partial charge in [-0.2, -0.15) is 0 Å². The van der Waals surface area contributed by atoms with E-state index in [0.29, 0.717) is 5.82 Å². The molecule has 8 aromatic carbocycles. The highest BCUT2D eigenvalue weighted by molar-refractivity contribution is 6.14. The summed E-state index contributed by atoms with van der Waals surface area (Å²) in [5.74, 6) is 0.705. The Morgan fingerprint density at radius 1 is 0.268 bits per heavy atom. The van der Waals surface area contributed by atoms with E-state index in [1.807, 2.05) is 30.3 Å². The monoisotopic (exact) mass is 713 g/mol. The fourth-order valence-electron chi connectivity index (χ4n) is 7.60. The molecule has 0 aliphatic rings. The van der Waals surface area contributed by atoms with E-state index in [4.69, 9.17) is 15.0 Å². The van der Waals surface area contributed by atoms with E-state index >= 15 is 0 Å². The van der Waals surface area contributed by atoms with Crippen LogP contribution in [0.4, 0.5) is 0 Å². The zero-order valence-corrected chi connectivity index (χ0v) is 30.5. The Balaban J connectivity index is 1.02. The van der Waals surface area contributed by atoms with E-state index in [2.05, 4.69) is 182 Å². The molecule has 0 aliphatic carbocycles. The van der Waals surface area contributed by atoms with E-state index in [0.717, 1.165) is 56.0 Å². The van der Waals surface area contributed by atoms with E-state index in [1.165, 1.54) is 38.4 Å². The number of hydrogen-bond acceptors (Lipinski definition) is 3. The molecule has 0 amide bonds. The van der Waals surface area contributed by atoms with Gasteiger partial charge in [-0.3, -0.25) is 0 Å². The van der Waals surface area contributed by atoms with Crippen LogP contribution in [0.25, 0.3) is 100 Å². The molecule has 2 aromatic heterocycles. The van der Waals surface area contributed by atoms with Crippen LogP contribution >= 0.6 is 0 Å². The van der Waals surface area contributed by atoms with Crippen molar-refractivity contribution in [1.29, 1.82) is 0 Å². The van der Waals surface area contributed by atoms with Crippen molar-refractivity contribution < 1.29 is 0 Å². The normalized spacial score (nSPS) is 11.2. The van der Waals surface area contributed by atoms with Crippen molar-refractivity contribution in [3.8, 4) is 78.5 Å². The molecule has 3 nitrogen and oxygen atoms in total. The first-order chi connectivity index (χ1) is 27.7. The molecule has 0 bridgehead atoms. The Kier molecular flexibility index (Phi) is 8.51. The van der Waals surface area contributed by atoms with Crippen molar-refractivity contribution >= 4 is 21.7 Å². The van der Waals surface area contributed by atoms with Crippen LogP contribution < -0.4 is 0 Å². The second-order valence-corrected chi connectivity index (χ2v) is 14.0.